The first-order valence-electron chi connectivity index (χ1n) is 7.24. The maximum atomic E-state index is 3.52. The summed E-state index contributed by atoms with van der Waals surface area (Å²) in [7, 11) is 0. The fourth-order valence-electron chi connectivity index (χ4n) is 2.73. The van der Waals surface area contributed by atoms with Crippen LogP contribution in [0.3, 0.4) is 0 Å². The zero-order chi connectivity index (χ0) is 14.9. The first-order chi connectivity index (χ1) is 10.8. The van der Waals surface area contributed by atoms with Crippen molar-refractivity contribution < 1.29 is 0 Å². The van der Waals surface area contributed by atoms with Gasteiger partial charge in [0.1, 0.15) is 0 Å². The zero-order valence-corrected chi connectivity index (χ0v) is 13.5. The van der Waals surface area contributed by atoms with Gasteiger partial charge in [-0.15, -0.1) is 0 Å². The van der Waals surface area contributed by atoms with Crippen molar-refractivity contribution in [1.29, 1.82) is 0 Å². The number of rotatable bonds is 2. The lowest BCUT2D eigenvalue weighted by atomic mass is 10.0. The molecule has 0 spiro atoms. The summed E-state index contributed by atoms with van der Waals surface area (Å²) in [5.74, 6) is 0. The number of nitrogens with one attached hydrogen (secondary N) is 1. The van der Waals surface area contributed by atoms with Gasteiger partial charge in [-0.05, 0) is 41.0 Å². The quantitative estimate of drug-likeness (QED) is 0.440. The van der Waals surface area contributed by atoms with E-state index in [0.29, 0.717) is 0 Å². The van der Waals surface area contributed by atoms with E-state index in [0.717, 1.165) is 15.7 Å². The monoisotopic (exact) mass is 347 g/mol. The van der Waals surface area contributed by atoms with Gasteiger partial charge < -0.3 is 4.98 Å². The Kier molecular flexibility index (Phi) is 3.32. The van der Waals surface area contributed by atoms with Gasteiger partial charge in [0, 0.05) is 21.1 Å². The van der Waals surface area contributed by atoms with Crippen LogP contribution in [0.15, 0.2) is 83.3 Å². The summed E-state index contributed by atoms with van der Waals surface area (Å²) in [4.78, 5) is 3.48. The van der Waals surface area contributed by atoms with Crippen molar-refractivity contribution in [3.8, 4) is 22.4 Å². The Morgan fingerprint density at radius 1 is 0.636 bits per heavy atom. The lowest BCUT2D eigenvalue weighted by Crippen LogP contribution is -1.79. The fraction of sp³-hybridized carbons (Fsp3) is 0. The van der Waals surface area contributed by atoms with E-state index in [1.807, 2.05) is 6.07 Å². The molecule has 1 nitrogen and oxygen atoms in total. The molecular formula is C20H14BrN. The predicted molar refractivity (Wildman–Crippen MR) is 96.9 cm³/mol. The van der Waals surface area contributed by atoms with E-state index < -0.39 is 0 Å². The minimum absolute atomic E-state index is 1.10. The Balaban J connectivity index is 1.73. The highest BCUT2D eigenvalue weighted by atomic mass is 79.9. The molecule has 4 aromatic rings. The van der Waals surface area contributed by atoms with Gasteiger partial charge in [0.15, 0.2) is 0 Å². The Hall–Kier alpha value is -2.32. The van der Waals surface area contributed by atoms with Gasteiger partial charge in [-0.3, -0.25) is 0 Å². The van der Waals surface area contributed by atoms with Crippen LogP contribution in [-0.4, -0.2) is 4.98 Å². The third kappa shape index (κ3) is 2.46. The minimum Gasteiger partial charge on any atom is -0.355 e. The molecule has 0 radical (unpaired) electrons. The van der Waals surface area contributed by atoms with E-state index in [9.17, 15) is 0 Å². The molecule has 0 unspecified atom stereocenters. The molecule has 0 saturated heterocycles. The van der Waals surface area contributed by atoms with Gasteiger partial charge >= 0.3 is 0 Å². The third-order valence-electron chi connectivity index (χ3n) is 3.89. The van der Waals surface area contributed by atoms with Gasteiger partial charge in [-0.2, -0.15) is 0 Å². The maximum Gasteiger partial charge on any atom is 0.0464 e. The Bertz CT molecular complexity index is 921. The average Bonchev–Trinajstić information content (AvgIpc) is 2.99. The van der Waals surface area contributed by atoms with E-state index in [-0.39, 0.29) is 0 Å². The number of halogens is 1. The molecule has 0 atom stereocenters. The second-order valence-corrected chi connectivity index (χ2v) is 6.27. The molecule has 1 aromatic heterocycles. The largest absolute Gasteiger partial charge is 0.355 e. The van der Waals surface area contributed by atoms with Crippen LogP contribution in [0.1, 0.15) is 0 Å². The highest BCUT2D eigenvalue weighted by molar-refractivity contribution is 9.10. The van der Waals surface area contributed by atoms with Crippen molar-refractivity contribution in [1.82, 2.24) is 4.98 Å². The highest BCUT2D eigenvalue weighted by Gasteiger charge is 2.04. The van der Waals surface area contributed by atoms with Crippen molar-refractivity contribution in [3.05, 3.63) is 83.3 Å². The van der Waals surface area contributed by atoms with Crippen LogP contribution in [0.4, 0.5) is 0 Å². The maximum absolute atomic E-state index is 3.52. The molecule has 0 fully saturated rings. The number of aromatic amines is 1. The van der Waals surface area contributed by atoms with Gasteiger partial charge in [0.25, 0.3) is 0 Å². The van der Waals surface area contributed by atoms with E-state index in [2.05, 4.69) is 93.7 Å². The van der Waals surface area contributed by atoms with Gasteiger partial charge in [0.05, 0.1) is 0 Å². The molecule has 0 aliphatic carbocycles. The Morgan fingerprint density at radius 3 is 2.09 bits per heavy atom. The molecule has 2 heteroatoms. The summed E-state index contributed by atoms with van der Waals surface area (Å²) < 4.78 is 1.10. The van der Waals surface area contributed by atoms with E-state index >= 15 is 0 Å². The summed E-state index contributed by atoms with van der Waals surface area (Å²) in [6, 6.07) is 27.6. The Labute approximate surface area is 137 Å². The van der Waals surface area contributed by atoms with Crippen LogP contribution in [0, 0.1) is 0 Å². The molecule has 0 aliphatic heterocycles. The predicted octanol–water partition coefficient (Wildman–Crippen LogP) is 6.26. The van der Waals surface area contributed by atoms with E-state index in [1.165, 1.54) is 22.1 Å². The highest BCUT2D eigenvalue weighted by Crippen LogP contribution is 2.28. The zero-order valence-electron chi connectivity index (χ0n) is 11.9. The van der Waals surface area contributed by atoms with Crippen LogP contribution in [0.5, 0.6) is 0 Å². The van der Waals surface area contributed by atoms with E-state index in [4.69, 9.17) is 0 Å². The van der Waals surface area contributed by atoms with Crippen molar-refractivity contribution >= 4 is 26.8 Å². The van der Waals surface area contributed by atoms with Gasteiger partial charge in [-0.1, -0.05) is 70.5 Å². The van der Waals surface area contributed by atoms with Gasteiger partial charge in [-0.25, -0.2) is 0 Å². The molecule has 0 bridgehead atoms. The average molecular weight is 348 g/mol. The SMILES string of the molecule is Brc1ccc2[nH]c(-c3ccc(-c4ccccc4)cc3)cc2c1. The topological polar surface area (TPSA) is 15.8 Å². The third-order valence-corrected chi connectivity index (χ3v) is 4.38. The molecule has 0 saturated carbocycles. The molecule has 0 amide bonds. The lowest BCUT2D eigenvalue weighted by Gasteiger charge is -2.03. The van der Waals surface area contributed by atoms with Crippen molar-refractivity contribution in [2.45, 2.75) is 0 Å². The molecule has 0 aliphatic rings. The van der Waals surface area contributed by atoms with Gasteiger partial charge in [0.2, 0.25) is 0 Å². The van der Waals surface area contributed by atoms with E-state index in [1.54, 1.807) is 0 Å². The summed E-state index contributed by atoms with van der Waals surface area (Å²) in [6.07, 6.45) is 0. The molecule has 4 rings (SSSR count). The second-order valence-electron chi connectivity index (χ2n) is 5.36. The molecule has 106 valence electrons. The van der Waals surface area contributed by atoms with Crippen molar-refractivity contribution in [2.75, 3.05) is 0 Å². The number of hydrogen-bond acceptors (Lipinski definition) is 0. The van der Waals surface area contributed by atoms with Crippen molar-refractivity contribution in [3.63, 3.8) is 0 Å². The van der Waals surface area contributed by atoms with Crippen molar-refractivity contribution in [2.24, 2.45) is 0 Å². The summed E-state index contributed by atoms with van der Waals surface area (Å²) in [5, 5.41) is 1.22. The first kappa shape index (κ1) is 13.4. The Morgan fingerprint density at radius 2 is 1.32 bits per heavy atom. The molecule has 3 aromatic carbocycles. The molecular weight excluding hydrogens is 334 g/mol. The van der Waals surface area contributed by atoms with Crippen LogP contribution < -0.4 is 0 Å². The molecule has 22 heavy (non-hydrogen) atoms. The van der Waals surface area contributed by atoms with Crippen LogP contribution >= 0.6 is 15.9 Å². The number of H-pyrrole nitrogens is 1. The molecule has 1 heterocycles. The summed E-state index contributed by atoms with van der Waals surface area (Å²) in [6.45, 7) is 0. The summed E-state index contributed by atoms with van der Waals surface area (Å²) in [5.41, 5.74) is 5.99. The normalized spacial score (nSPS) is 11.0. The number of hydrogen-bond donors (Lipinski definition) is 1. The summed E-state index contributed by atoms with van der Waals surface area (Å²) >= 11 is 3.52. The first-order valence-corrected chi connectivity index (χ1v) is 8.03. The number of benzene rings is 3. The van der Waals surface area contributed by atoms with Crippen LogP contribution in [0.2, 0.25) is 0 Å². The second kappa shape index (κ2) is 5.47. The van der Waals surface area contributed by atoms with Crippen LogP contribution in [0.25, 0.3) is 33.3 Å². The molecule has 1 N–H and O–H groups in total. The smallest absolute Gasteiger partial charge is 0.0464 e. The lowest BCUT2D eigenvalue weighted by molar-refractivity contribution is 1.45. The number of fused-ring (bicyclic) bond motifs is 1. The number of aromatic nitrogens is 1. The standard InChI is InChI=1S/C20H14BrN/c21-18-10-11-19-17(12-18)13-20(22-19)16-8-6-15(7-9-16)14-4-2-1-3-5-14/h1-13,22H. The van der Waals surface area contributed by atoms with Crippen LogP contribution in [-0.2, 0) is 0 Å². The fourth-order valence-corrected chi connectivity index (χ4v) is 3.11. The minimum atomic E-state index is 1.10.